The molecule has 88 valence electrons. The van der Waals surface area contributed by atoms with Crippen LogP contribution >= 0.6 is 0 Å². The standard InChI is InChI=1S/C10H10F3NO2/c1-5(15)6-3-9(16-2)7(4-8(6)14)10(11,12)13/h3-4H,14H2,1-2H3. The Labute approximate surface area is 90.0 Å². The van der Waals surface area contributed by atoms with Gasteiger partial charge in [0, 0.05) is 11.3 Å². The van der Waals surface area contributed by atoms with E-state index in [0.717, 1.165) is 13.2 Å². The second-order valence-electron chi connectivity index (χ2n) is 3.19. The number of carbonyl (C=O) groups is 1. The Morgan fingerprint density at radius 2 is 1.94 bits per heavy atom. The number of halogens is 3. The molecule has 0 heterocycles. The second kappa shape index (κ2) is 4.03. The fraction of sp³-hybridized carbons (Fsp3) is 0.300. The smallest absolute Gasteiger partial charge is 0.420 e. The highest BCUT2D eigenvalue weighted by Gasteiger charge is 2.35. The number of nitrogens with two attached hydrogens (primary N) is 1. The maximum absolute atomic E-state index is 12.5. The van der Waals surface area contributed by atoms with Gasteiger partial charge in [-0.25, -0.2) is 0 Å². The molecule has 0 amide bonds. The van der Waals surface area contributed by atoms with Gasteiger partial charge in [0.2, 0.25) is 0 Å². The lowest BCUT2D eigenvalue weighted by atomic mass is 10.0. The number of Topliss-reactive ketones (excluding diaryl/α,β-unsaturated/α-hetero) is 1. The molecule has 0 radical (unpaired) electrons. The fourth-order valence-electron chi connectivity index (χ4n) is 1.29. The van der Waals surface area contributed by atoms with Gasteiger partial charge in [0.1, 0.15) is 5.75 Å². The Kier molecular flexibility index (Phi) is 3.11. The molecular formula is C10H10F3NO2. The quantitative estimate of drug-likeness (QED) is 0.630. The number of ether oxygens (including phenoxy) is 1. The minimum absolute atomic E-state index is 0.0184. The molecule has 2 N–H and O–H groups in total. The SMILES string of the molecule is COc1cc(C(C)=O)c(N)cc1C(F)(F)F. The Bertz CT molecular complexity index is 427. The summed E-state index contributed by atoms with van der Waals surface area (Å²) in [7, 11) is 1.10. The molecule has 0 fully saturated rings. The van der Waals surface area contributed by atoms with Gasteiger partial charge in [0.25, 0.3) is 0 Å². The monoisotopic (exact) mass is 233 g/mol. The van der Waals surface area contributed by atoms with E-state index in [0.29, 0.717) is 6.07 Å². The third-order valence-corrected chi connectivity index (χ3v) is 2.06. The lowest BCUT2D eigenvalue weighted by Gasteiger charge is -2.14. The molecule has 0 saturated heterocycles. The van der Waals surface area contributed by atoms with Gasteiger partial charge in [0.15, 0.2) is 5.78 Å². The van der Waals surface area contributed by atoms with Crippen LogP contribution in [0.5, 0.6) is 5.75 Å². The van der Waals surface area contributed by atoms with Crippen LogP contribution in [0.25, 0.3) is 0 Å². The zero-order chi connectivity index (χ0) is 12.5. The van der Waals surface area contributed by atoms with Crippen LogP contribution in [0.4, 0.5) is 18.9 Å². The number of benzene rings is 1. The molecule has 0 atom stereocenters. The molecule has 16 heavy (non-hydrogen) atoms. The van der Waals surface area contributed by atoms with Crippen LogP contribution in [0.3, 0.4) is 0 Å². The van der Waals surface area contributed by atoms with E-state index in [-0.39, 0.29) is 11.3 Å². The molecular weight excluding hydrogens is 223 g/mol. The number of hydrogen-bond donors (Lipinski definition) is 1. The van der Waals surface area contributed by atoms with Crippen molar-refractivity contribution in [2.24, 2.45) is 0 Å². The number of alkyl halides is 3. The first-order valence-corrected chi connectivity index (χ1v) is 4.33. The zero-order valence-corrected chi connectivity index (χ0v) is 8.68. The van der Waals surface area contributed by atoms with Crippen LogP contribution in [0.15, 0.2) is 12.1 Å². The Morgan fingerprint density at radius 3 is 2.31 bits per heavy atom. The summed E-state index contributed by atoms with van der Waals surface area (Å²) in [6, 6.07) is 1.70. The van der Waals surface area contributed by atoms with Gasteiger partial charge in [-0.15, -0.1) is 0 Å². The van der Waals surface area contributed by atoms with Gasteiger partial charge in [-0.05, 0) is 19.1 Å². The molecule has 1 aromatic carbocycles. The van der Waals surface area contributed by atoms with E-state index in [1.807, 2.05) is 0 Å². The molecule has 0 saturated carbocycles. The molecule has 1 aromatic rings. The largest absolute Gasteiger partial charge is 0.496 e. The van der Waals surface area contributed by atoms with Crippen molar-refractivity contribution in [1.29, 1.82) is 0 Å². The van der Waals surface area contributed by atoms with Crippen LogP contribution in [0.1, 0.15) is 22.8 Å². The third-order valence-electron chi connectivity index (χ3n) is 2.06. The average Bonchev–Trinajstić information content (AvgIpc) is 2.15. The molecule has 0 aromatic heterocycles. The van der Waals surface area contributed by atoms with Crippen molar-refractivity contribution in [3.05, 3.63) is 23.3 Å². The van der Waals surface area contributed by atoms with Gasteiger partial charge < -0.3 is 10.5 Å². The summed E-state index contributed by atoms with van der Waals surface area (Å²) in [5.74, 6) is -0.823. The summed E-state index contributed by atoms with van der Waals surface area (Å²) >= 11 is 0. The molecule has 0 unspecified atom stereocenters. The van der Waals surface area contributed by atoms with Crippen LogP contribution in [-0.4, -0.2) is 12.9 Å². The van der Waals surface area contributed by atoms with Crippen molar-refractivity contribution >= 4 is 11.5 Å². The summed E-state index contributed by atoms with van der Waals surface area (Å²) in [6.07, 6.45) is -4.56. The summed E-state index contributed by atoms with van der Waals surface area (Å²) in [4.78, 5) is 11.1. The minimum atomic E-state index is -4.56. The van der Waals surface area contributed by atoms with Crippen molar-refractivity contribution in [3.8, 4) is 5.75 Å². The lowest BCUT2D eigenvalue weighted by Crippen LogP contribution is -2.10. The Morgan fingerprint density at radius 1 is 1.38 bits per heavy atom. The van der Waals surface area contributed by atoms with Crippen molar-refractivity contribution in [3.63, 3.8) is 0 Å². The molecule has 3 nitrogen and oxygen atoms in total. The number of ketones is 1. The highest BCUT2D eigenvalue weighted by Crippen LogP contribution is 2.38. The van der Waals surface area contributed by atoms with Crippen molar-refractivity contribution in [2.75, 3.05) is 12.8 Å². The summed E-state index contributed by atoms with van der Waals surface area (Å²) in [6.45, 7) is 1.22. The molecule has 1 rings (SSSR count). The topological polar surface area (TPSA) is 52.3 Å². The van der Waals surface area contributed by atoms with Crippen molar-refractivity contribution in [2.45, 2.75) is 13.1 Å². The van der Waals surface area contributed by atoms with E-state index in [2.05, 4.69) is 4.74 Å². The maximum atomic E-state index is 12.5. The molecule has 6 heteroatoms. The van der Waals surface area contributed by atoms with Gasteiger partial charge in [-0.1, -0.05) is 0 Å². The molecule has 0 aliphatic heterocycles. The maximum Gasteiger partial charge on any atom is 0.420 e. The van der Waals surface area contributed by atoms with Gasteiger partial charge >= 0.3 is 6.18 Å². The fourth-order valence-corrected chi connectivity index (χ4v) is 1.29. The molecule has 0 aliphatic rings. The third kappa shape index (κ3) is 2.26. The molecule has 0 spiro atoms. The van der Waals surface area contributed by atoms with Crippen LogP contribution in [0.2, 0.25) is 0 Å². The van der Waals surface area contributed by atoms with Crippen LogP contribution in [-0.2, 0) is 6.18 Å². The lowest BCUT2D eigenvalue weighted by molar-refractivity contribution is -0.138. The number of rotatable bonds is 2. The first-order valence-electron chi connectivity index (χ1n) is 4.33. The minimum Gasteiger partial charge on any atom is -0.496 e. The van der Waals surface area contributed by atoms with Gasteiger partial charge in [-0.3, -0.25) is 4.79 Å². The van der Waals surface area contributed by atoms with E-state index in [9.17, 15) is 18.0 Å². The number of hydrogen-bond acceptors (Lipinski definition) is 3. The highest BCUT2D eigenvalue weighted by molar-refractivity contribution is 5.99. The number of anilines is 1. The summed E-state index contributed by atoms with van der Waals surface area (Å²) in [5.41, 5.74) is 4.19. The Balaban J connectivity index is 3.44. The molecule has 0 bridgehead atoms. The van der Waals surface area contributed by atoms with Crippen molar-refractivity contribution in [1.82, 2.24) is 0 Å². The predicted molar refractivity (Wildman–Crippen MR) is 52.4 cm³/mol. The summed E-state index contributed by atoms with van der Waals surface area (Å²) in [5, 5.41) is 0. The highest BCUT2D eigenvalue weighted by atomic mass is 19.4. The average molecular weight is 233 g/mol. The first kappa shape index (κ1) is 12.4. The van der Waals surface area contributed by atoms with Crippen LogP contribution < -0.4 is 10.5 Å². The van der Waals surface area contributed by atoms with Gasteiger partial charge in [-0.2, -0.15) is 13.2 Å². The predicted octanol–water partition coefficient (Wildman–Crippen LogP) is 2.50. The summed E-state index contributed by atoms with van der Waals surface area (Å²) < 4.78 is 42.2. The van der Waals surface area contributed by atoms with E-state index < -0.39 is 23.3 Å². The number of carbonyl (C=O) groups excluding carboxylic acids is 1. The number of nitrogen functional groups attached to an aromatic ring is 1. The zero-order valence-electron chi connectivity index (χ0n) is 8.68. The normalized spacial score (nSPS) is 11.3. The van der Waals surface area contributed by atoms with E-state index >= 15 is 0 Å². The second-order valence-corrected chi connectivity index (χ2v) is 3.19. The van der Waals surface area contributed by atoms with E-state index in [1.54, 1.807) is 0 Å². The van der Waals surface area contributed by atoms with Crippen molar-refractivity contribution < 1.29 is 22.7 Å². The molecule has 0 aliphatic carbocycles. The number of methoxy groups -OCH3 is 1. The first-order chi connectivity index (χ1) is 7.27. The Hall–Kier alpha value is -1.72. The van der Waals surface area contributed by atoms with E-state index in [1.165, 1.54) is 6.92 Å². The van der Waals surface area contributed by atoms with E-state index in [4.69, 9.17) is 5.73 Å². The van der Waals surface area contributed by atoms with Gasteiger partial charge in [0.05, 0.1) is 12.7 Å². The van der Waals surface area contributed by atoms with Crippen LogP contribution in [0, 0.1) is 0 Å².